The number of hydrogen-bond donors (Lipinski definition) is 0. The van der Waals surface area contributed by atoms with E-state index in [-0.39, 0.29) is 0 Å². The molecule has 0 bridgehead atoms. The molecule has 0 aliphatic rings. The van der Waals surface area contributed by atoms with Gasteiger partial charge in [-0.05, 0) is 68.1 Å². The topological polar surface area (TPSA) is 3.24 Å². The molecule has 2 aromatic carbocycles. The molecule has 2 aromatic rings. The van der Waals surface area contributed by atoms with Crippen LogP contribution in [-0.2, 0) is 0 Å². The van der Waals surface area contributed by atoms with Crippen LogP contribution < -0.4 is 4.90 Å². The number of nitrogens with zero attached hydrogens (tertiary/aromatic N) is 1. The van der Waals surface area contributed by atoms with Gasteiger partial charge < -0.3 is 4.90 Å². The number of hydrogen-bond acceptors (Lipinski definition) is 1. The maximum absolute atomic E-state index is 6.17. The van der Waals surface area contributed by atoms with E-state index in [1.54, 1.807) is 0 Å². The second-order valence-corrected chi connectivity index (χ2v) is 7.07. The van der Waals surface area contributed by atoms with Crippen molar-refractivity contribution >= 4 is 33.2 Å². The zero-order valence-corrected chi connectivity index (χ0v) is 16.0. The van der Waals surface area contributed by atoms with Crippen molar-refractivity contribution in [1.82, 2.24) is 0 Å². The van der Waals surface area contributed by atoms with Crippen LogP contribution in [0.3, 0.4) is 0 Å². The minimum absolute atomic E-state index is 0.317. The Hall–Kier alpha value is -0.990. The van der Waals surface area contributed by atoms with Gasteiger partial charge in [-0.15, -0.1) is 0 Å². The van der Waals surface area contributed by atoms with Gasteiger partial charge in [0.2, 0.25) is 0 Å². The third kappa shape index (κ3) is 3.85. The highest BCUT2D eigenvalue weighted by atomic mass is 79.9. The van der Waals surface area contributed by atoms with Gasteiger partial charge in [-0.3, -0.25) is 0 Å². The standard InChI is InChI=1S/C19H23BrClN/c1-5-10-22(17-8-9-19(21)14(3)11-17)15(4)16-7-6-13(2)18(20)12-16/h6-9,11-12,15H,5,10H2,1-4H3. The highest BCUT2D eigenvalue weighted by molar-refractivity contribution is 9.10. The Bertz CT molecular complexity index is 654. The van der Waals surface area contributed by atoms with Crippen LogP contribution in [0.15, 0.2) is 40.9 Å². The van der Waals surface area contributed by atoms with Gasteiger partial charge in [-0.1, -0.05) is 46.6 Å². The van der Waals surface area contributed by atoms with Crippen LogP contribution in [0.25, 0.3) is 0 Å². The lowest BCUT2D eigenvalue weighted by atomic mass is 10.0. The quantitative estimate of drug-likeness (QED) is 0.558. The van der Waals surface area contributed by atoms with E-state index in [0.29, 0.717) is 6.04 Å². The molecule has 0 aliphatic heterocycles. The Labute approximate surface area is 147 Å². The Morgan fingerprint density at radius 1 is 1.09 bits per heavy atom. The molecular weight excluding hydrogens is 358 g/mol. The zero-order chi connectivity index (χ0) is 16.3. The molecular formula is C19H23BrClN. The van der Waals surface area contributed by atoms with Crippen LogP contribution in [0, 0.1) is 13.8 Å². The van der Waals surface area contributed by atoms with Gasteiger partial charge in [0.15, 0.2) is 0 Å². The lowest BCUT2D eigenvalue weighted by Gasteiger charge is -2.32. The van der Waals surface area contributed by atoms with Crippen LogP contribution >= 0.6 is 27.5 Å². The second kappa shape index (κ2) is 7.52. The monoisotopic (exact) mass is 379 g/mol. The van der Waals surface area contributed by atoms with Crippen LogP contribution in [0.1, 0.15) is 43.0 Å². The van der Waals surface area contributed by atoms with E-state index in [4.69, 9.17) is 11.6 Å². The van der Waals surface area contributed by atoms with Crippen LogP contribution in [-0.4, -0.2) is 6.54 Å². The fraction of sp³-hybridized carbons (Fsp3) is 0.368. The minimum atomic E-state index is 0.317. The van der Waals surface area contributed by atoms with E-state index in [1.807, 2.05) is 6.07 Å². The van der Waals surface area contributed by atoms with E-state index in [2.05, 4.69) is 78.9 Å². The maximum atomic E-state index is 6.17. The molecule has 0 saturated carbocycles. The summed E-state index contributed by atoms with van der Waals surface area (Å²) < 4.78 is 1.17. The first kappa shape index (κ1) is 17.4. The van der Waals surface area contributed by atoms with Gasteiger partial charge in [-0.2, -0.15) is 0 Å². The molecule has 0 spiro atoms. The molecule has 1 unspecified atom stereocenters. The molecule has 0 fully saturated rings. The highest BCUT2D eigenvalue weighted by Crippen LogP contribution is 2.31. The lowest BCUT2D eigenvalue weighted by molar-refractivity contribution is 0.658. The number of anilines is 1. The fourth-order valence-electron chi connectivity index (χ4n) is 2.64. The molecule has 0 aliphatic carbocycles. The molecule has 0 aromatic heterocycles. The largest absolute Gasteiger partial charge is 0.365 e. The summed E-state index contributed by atoms with van der Waals surface area (Å²) in [4.78, 5) is 2.44. The Morgan fingerprint density at radius 2 is 1.82 bits per heavy atom. The lowest BCUT2D eigenvalue weighted by Crippen LogP contribution is -2.27. The smallest absolute Gasteiger partial charge is 0.0514 e. The van der Waals surface area contributed by atoms with Crippen LogP contribution in [0.2, 0.25) is 5.02 Å². The van der Waals surface area contributed by atoms with Crippen molar-refractivity contribution in [2.24, 2.45) is 0 Å². The van der Waals surface area contributed by atoms with E-state index in [9.17, 15) is 0 Å². The van der Waals surface area contributed by atoms with Gasteiger partial charge >= 0.3 is 0 Å². The Balaban J connectivity index is 2.37. The zero-order valence-electron chi connectivity index (χ0n) is 13.7. The average Bonchev–Trinajstić information content (AvgIpc) is 2.50. The molecule has 0 amide bonds. The summed E-state index contributed by atoms with van der Waals surface area (Å²) in [7, 11) is 0. The fourth-order valence-corrected chi connectivity index (χ4v) is 3.16. The van der Waals surface area contributed by atoms with Crippen molar-refractivity contribution in [2.45, 2.75) is 40.2 Å². The van der Waals surface area contributed by atoms with Gasteiger partial charge in [0.25, 0.3) is 0 Å². The Morgan fingerprint density at radius 3 is 2.41 bits per heavy atom. The first-order valence-corrected chi connectivity index (χ1v) is 8.90. The first-order chi connectivity index (χ1) is 10.4. The molecule has 0 N–H and O–H groups in total. The van der Waals surface area contributed by atoms with E-state index < -0.39 is 0 Å². The highest BCUT2D eigenvalue weighted by Gasteiger charge is 2.17. The van der Waals surface area contributed by atoms with Gasteiger partial charge in [0, 0.05) is 21.7 Å². The predicted molar refractivity (Wildman–Crippen MR) is 101 cm³/mol. The van der Waals surface area contributed by atoms with E-state index in [1.165, 1.54) is 21.3 Å². The van der Waals surface area contributed by atoms with Gasteiger partial charge in [-0.25, -0.2) is 0 Å². The van der Waals surface area contributed by atoms with Gasteiger partial charge in [0.1, 0.15) is 0 Å². The molecule has 0 radical (unpaired) electrons. The van der Waals surface area contributed by atoms with Crippen molar-refractivity contribution in [1.29, 1.82) is 0 Å². The van der Waals surface area contributed by atoms with Crippen LogP contribution in [0.4, 0.5) is 5.69 Å². The molecule has 1 atom stereocenters. The summed E-state index contributed by atoms with van der Waals surface area (Å²) in [6.07, 6.45) is 1.11. The van der Waals surface area contributed by atoms with Crippen molar-refractivity contribution in [3.63, 3.8) is 0 Å². The minimum Gasteiger partial charge on any atom is -0.365 e. The molecule has 118 valence electrons. The van der Waals surface area contributed by atoms with E-state index >= 15 is 0 Å². The van der Waals surface area contributed by atoms with Gasteiger partial charge in [0.05, 0.1) is 6.04 Å². The molecule has 1 nitrogen and oxygen atoms in total. The van der Waals surface area contributed by atoms with Crippen molar-refractivity contribution in [3.05, 3.63) is 62.6 Å². The summed E-state index contributed by atoms with van der Waals surface area (Å²) in [5.41, 5.74) is 4.93. The molecule has 2 rings (SSSR count). The van der Waals surface area contributed by atoms with Crippen molar-refractivity contribution < 1.29 is 0 Å². The predicted octanol–water partition coefficient (Wildman–Crippen LogP) is 6.70. The second-order valence-electron chi connectivity index (χ2n) is 5.81. The summed E-state index contributed by atoms with van der Waals surface area (Å²) in [6.45, 7) is 9.67. The third-order valence-electron chi connectivity index (χ3n) is 4.08. The molecule has 0 saturated heterocycles. The Kier molecular flexibility index (Phi) is 5.94. The van der Waals surface area contributed by atoms with E-state index in [0.717, 1.165) is 23.6 Å². The molecule has 3 heteroatoms. The van der Waals surface area contributed by atoms with Crippen LogP contribution in [0.5, 0.6) is 0 Å². The SMILES string of the molecule is CCCN(c1ccc(Cl)c(C)c1)C(C)c1ccc(C)c(Br)c1. The normalized spacial score (nSPS) is 12.3. The molecule has 0 heterocycles. The number of benzene rings is 2. The average molecular weight is 381 g/mol. The van der Waals surface area contributed by atoms with Crippen molar-refractivity contribution in [3.8, 4) is 0 Å². The maximum Gasteiger partial charge on any atom is 0.0514 e. The summed E-state index contributed by atoms with van der Waals surface area (Å²) in [6, 6.07) is 13.2. The van der Waals surface area contributed by atoms with Crippen molar-refractivity contribution in [2.75, 3.05) is 11.4 Å². The first-order valence-electron chi connectivity index (χ1n) is 7.73. The summed E-state index contributed by atoms with van der Waals surface area (Å²) in [5.74, 6) is 0. The summed E-state index contributed by atoms with van der Waals surface area (Å²) >= 11 is 9.82. The summed E-state index contributed by atoms with van der Waals surface area (Å²) in [5, 5.41) is 0.825. The third-order valence-corrected chi connectivity index (χ3v) is 5.36. The molecule has 22 heavy (non-hydrogen) atoms. The number of rotatable bonds is 5. The number of halogens is 2. The number of aryl methyl sites for hydroxylation is 2.